The van der Waals surface area contributed by atoms with Crippen molar-refractivity contribution in [2.45, 2.75) is 0 Å². The van der Waals surface area contributed by atoms with E-state index in [0.717, 1.165) is 0 Å². The number of carbonyl (C=O) groups excluding carboxylic acids is 1. The Morgan fingerprint density at radius 3 is 2.60 bits per heavy atom. The van der Waals surface area contributed by atoms with Gasteiger partial charge in [-0.2, -0.15) is 5.10 Å². The Bertz CT molecular complexity index is 642. The van der Waals surface area contributed by atoms with Crippen LogP contribution in [0.3, 0.4) is 0 Å². The predicted molar refractivity (Wildman–Crippen MR) is 75.5 cm³/mol. The SMILES string of the molecule is COc1cc(OC)c(NC(=O)c2cn[nH]c2N)cc1Cl. The lowest BCUT2D eigenvalue weighted by atomic mass is 10.2. The summed E-state index contributed by atoms with van der Waals surface area (Å²) in [6, 6.07) is 3.12. The normalized spacial score (nSPS) is 10.2. The first-order valence-electron chi connectivity index (χ1n) is 5.58. The molecule has 0 saturated carbocycles. The van der Waals surface area contributed by atoms with Gasteiger partial charge in [-0.1, -0.05) is 11.6 Å². The molecule has 1 aromatic carbocycles. The zero-order valence-electron chi connectivity index (χ0n) is 10.9. The Kier molecular flexibility index (Phi) is 3.99. The van der Waals surface area contributed by atoms with Gasteiger partial charge in [0.1, 0.15) is 22.9 Å². The molecule has 0 bridgehead atoms. The highest BCUT2D eigenvalue weighted by molar-refractivity contribution is 6.32. The number of benzene rings is 1. The van der Waals surface area contributed by atoms with Crippen molar-refractivity contribution in [3.05, 3.63) is 28.9 Å². The standard InChI is InChI=1S/C12H13ClN4O3/c1-19-9-4-10(20-2)8(3-7(9)13)16-12(18)6-5-15-17-11(6)14/h3-5H,1-2H3,(H,16,18)(H3,14,15,17). The number of nitrogens with one attached hydrogen (secondary N) is 2. The van der Waals surface area contributed by atoms with E-state index in [1.54, 1.807) is 6.07 Å². The fraction of sp³-hybridized carbons (Fsp3) is 0.167. The van der Waals surface area contributed by atoms with E-state index in [1.165, 1.54) is 26.5 Å². The van der Waals surface area contributed by atoms with Crippen LogP contribution >= 0.6 is 11.6 Å². The molecule has 0 aliphatic carbocycles. The Balaban J connectivity index is 2.31. The van der Waals surface area contributed by atoms with Crippen LogP contribution < -0.4 is 20.5 Å². The van der Waals surface area contributed by atoms with Crippen molar-refractivity contribution in [2.24, 2.45) is 0 Å². The maximum Gasteiger partial charge on any atom is 0.261 e. The summed E-state index contributed by atoms with van der Waals surface area (Å²) >= 11 is 6.02. The second kappa shape index (κ2) is 5.70. The van der Waals surface area contributed by atoms with E-state index < -0.39 is 5.91 Å². The summed E-state index contributed by atoms with van der Waals surface area (Å²) in [4.78, 5) is 12.0. The quantitative estimate of drug-likeness (QED) is 0.800. The fourth-order valence-electron chi connectivity index (χ4n) is 1.62. The molecule has 106 valence electrons. The molecule has 1 heterocycles. The van der Waals surface area contributed by atoms with Crippen LogP contribution in [0.1, 0.15) is 10.4 Å². The summed E-state index contributed by atoms with van der Waals surface area (Å²) in [5.74, 6) is 0.628. The number of anilines is 2. The first kappa shape index (κ1) is 14.0. The number of carbonyl (C=O) groups is 1. The summed E-state index contributed by atoms with van der Waals surface area (Å²) in [6.07, 6.45) is 1.34. The molecular formula is C12H13ClN4O3. The smallest absolute Gasteiger partial charge is 0.261 e. The monoisotopic (exact) mass is 296 g/mol. The fourth-order valence-corrected chi connectivity index (χ4v) is 1.87. The number of rotatable bonds is 4. The summed E-state index contributed by atoms with van der Waals surface area (Å²) in [5.41, 5.74) is 6.23. The summed E-state index contributed by atoms with van der Waals surface area (Å²) in [6.45, 7) is 0. The van der Waals surface area contributed by atoms with Gasteiger partial charge >= 0.3 is 0 Å². The number of hydrogen-bond acceptors (Lipinski definition) is 5. The minimum atomic E-state index is -0.421. The molecular weight excluding hydrogens is 284 g/mol. The van der Waals surface area contributed by atoms with Crippen molar-refractivity contribution in [1.82, 2.24) is 10.2 Å². The van der Waals surface area contributed by atoms with Crippen molar-refractivity contribution >= 4 is 29.0 Å². The van der Waals surface area contributed by atoms with Crippen LogP contribution in [0.15, 0.2) is 18.3 Å². The van der Waals surface area contributed by atoms with E-state index in [1.807, 2.05) is 0 Å². The summed E-state index contributed by atoms with van der Waals surface area (Å²) in [7, 11) is 2.97. The second-order valence-electron chi connectivity index (χ2n) is 3.84. The predicted octanol–water partition coefficient (Wildman–Crippen LogP) is 1.91. The summed E-state index contributed by atoms with van der Waals surface area (Å²) < 4.78 is 10.3. The van der Waals surface area contributed by atoms with Crippen molar-refractivity contribution in [3.63, 3.8) is 0 Å². The molecule has 2 rings (SSSR count). The molecule has 0 aliphatic heterocycles. The van der Waals surface area contributed by atoms with E-state index in [9.17, 15) is 4.79 Å². The van der Waals surface area contributed by atoms with E-state index in [0.29, 0.717) is 22.2 Å². The van der Waals surface area contributed by atoms with Crippen LogP contribution in [-0.4, -0.2) is 30.3 Å². The van der Waals surface area contributed by atoms with Gasteiger partial charge in [-0.15, -0.1) is 0 Å². The minimum Gasteiger partial charge on any atom is -0.495 e. The van der Waals surface area contributed by atoms with Gasteiger partial charge in [0.05, 0.1) is 31.1 Å². The Labute approximate surface area is 120 Å². The Morgan fingerprint density at radius 2 is 2.05 bits per heavy atom. The Morgan fingerprint density at radius 1 is 1.35 bits per heavy atom. The highest BCUT2D eigenvalue weighted by Gasteiger charge is 2.16. The van der Waals surface area contributed by atoms with E-state index >= 15 is 0 Å². The number of aromatic amines is 1. The van der Waals surface area contributed by atoms with Crippen LogP contribution in [0, 0.1) is 0 Å². The number of methoxy groups -OCH3 is 2. The van der Waals surface area contributed by atoms with E-state index in [4.69, 9.17) is 26.8 Å². The lowest BCUT2D eigenvalue weighted by molar-refractivity contribution is 0.102. The molecule has 1 amide bonds. The van der Waals surface area contributed by atoms with E-state index in [-0.39, 0.29) is 11.4 Å². The molecule has 4 N–H and O–H groups in total. The number of nitrogen functional groups attached to an aromatic ring is 1. The molecule has 0 atom stereocenters. The molecule has 2 aromatic rings. The molecule has 0 spiro atoms. The number of nitrogens with zero attached hydrogens (tertiary/aromatic N) is 1. The molecule has 7 nitrogen and oxygen atoms in total. The topological polar surface area (TPSA) is 102 Å². The number of hydrogen-bond donors (Lipinski definition) is 3. The molecule has 0 fully saturated rings. The molecule has 0 radical (unpaired) electrons. The highest BCUT2D eigenvalue weighted by atomic mass is 35.5. The molecule has 8 heteroatoms. The van der Waals surface area contributed by atoms with Crippen LogP contribution in [0.2, 0.25) is 5.02 Å². The first-order chi connectivity index (χ1) is 9.56. The Hall–Kier alpha value is -2.41. The van der Waals surface area contributed by atoms with Gasteiger partial charge in [-0.05, 0) is 6.07 Å². The maximum absolute atomic E-state index is 12.0. The molecule has 0 saturated heterocycles. The number of ether oxygens (including phenoxy) is 2. The first-order valence-corrected chi connectivity index (χ1v) is 5.96. The molecule has 20 heavy (non-hydrogen) atoms. The van der Waals surface area contributed by atoms with Gasteiger partial charge in [0.15, 0.2) is 0 Å². The van der Waals surface area contributed by atoms with Crippen molar-refractivity contribution in [2.75, 3.05) is 25.3 Å². The zero-order valence-corrected chi connectivity index (χ0v) is 11.6. The van der Waals surface area contributed by atoms with Crippen molar-refractivity contribution < 1.29 is 14.3 Å². The zero-order chi connectivity index (χ0) is 14.7. The van der Waals surface area contributed by atoms with Crippen LogP contribution in [0.25, 0.3) is 0 Å². The van der Waals surface area contributed by atoms with Crippen molar-refractivity contribution in [1.29, 1.82) is 0 Å². The van der Waals surface area contributed by atoms with Gasteiger partial charge in [0.25, 0.3) is 5.91 Å². The largest absolute Gasteiger partial charge is 0.495 e. The van der Waals surface area contributed by atoms with Crippen LogP contribution in [0.5, 0.6) is 11.5 Å². The van der Waals surface area contributed by atoms with E-state index in [2.05, 4.69) is 15.5 Å². The van der Waals surface area contributed by atoms with Gasteiger partial charge in [-0.3, -0.25) is 9.89 Å². The number of nitrogens with two attached hydrogens (primary N) is 1. The van der Waals surface area contributed by atoms with Gasteiger partial charge in [0, 0.05) is 6.07 Å². The van der Waals surface area contributed by atoms with Crippen molar-refractivity contribution in [3.8, 4) is 11.5 Å². The average Bonchev–Trinajstić information content (AvgIpc) is 2.85. The van der Waals surface area contributed by atoms with Crippen LogP contribution in [-0.2, 0) is 0 Å². The number of halogens is 1. The maximum atomic E-state index is 12.0. The lowest BCUT2D eigenvalue weighted by Gasteiger charge is -2.12. The number of H-pyrrole nitrogens is 1. The molecule has 0 unspecified atom stereocenters. The minimum absolute atomic E-state index is 0.182. The highest BCUT2D eigenvalue weighted by Crippen LogP contribution is 2.36. The third-order valence-corrected chi connectivity index (χ3v) is 2.93. The number of amides is 1. The lowest BCUT2D eigenvalue weighted by Crippen LogP contribution is -2.13. The van der Waals surface area contributed by atoms with Gasteiger partial charge in [-0.25, -0.2) is 0 Å². The van der Waals surface area contributed by atoms with Gasteiger partial charge in [0.2, 0.25) is 0 Å². The molecule has 1 aromatic heterocycles. The third-order valence-electron chi connectivity index (χ3n) is 2.64. The van der Waals surface area contributed by atoms with Crippen LogP contribution in [0.4, 0.5) is 11.5 Å². The van der Waals surface area contributed by atoms with Gasteiger partial charge < -0.3 is 20.5 Å². The summed E-state index contributed by atoms with van der Waals surface area (Å²) in [5, 5.41) is 9.17. The third kappa shape index (κ3) is 2.62. The molecule has 0 aliphatic rings. The number of aromatic nitrogens is 2. The average molecular weight is 297 g/mol. The second-order valence-corrected chi connectivity index (χ2v) is 4.25.